The van der Waals surface area contributed by atoms with Gasteiger partial charge in [-0.25, -0.2) is 0 Å². The summed E-state index contributed by atoms with van der Waals surface area (Å²) in [5.74, 6) is 0.840. The monoisotopic (exact) mass is 392 g/mol. The number of methoxy groups -OCH3 is 1. The molecule has 0 aliphatic carbocycles. The van der Waals surface area contributed by atoms with Crippen molar-refractivity contribution < 1.29 is 22.7 Å². The number of amides is 1. The number of halogens is 3. The van der Waals surface area contributed by atoms with E-state index in [1.165, 1.54) is 12.1 Å². The molecular weight excluding hydrogens is 369 g/mol. The molecule has 0 atom stereocenters. The third-order valence-electron chi connectivity index (χ3n) is 4.93. The fraction of sp³-hybridized carbons (Fsp3) is 0.381. The number of ether oxygens (including phenoxy) is 1. The summed E-state index contributed by atoms with van der Waals surface area (Å²) in [6.45, 7) is 3.23. The first-order valence-corrected chi connectivity index (χ1v) is 9.14. The van der Waals surface area contributed by atoms with Crippen LogP contribution in [-0.4, -0.2) is 49.0 Å². The summed E-state index contributed by atoms with van der Waals surface area (Å²) in [5.41, 5.74) is 1.15. The van der Waals surface area contributed by atoms with Gasteiger partial charge in [-0.2, -0.15) is 13.2 Å². The lowest BCUT2D eigenvalue weighted by Crippen LogP contribution is -2.48. The zero-order valence-corrected chi connectivity index (χ0v) is 15.7. The molecule has 0 spiro atoms. The third-order valence-corrected chi connectivity index (χ3v) is 4.93. The van der Waals surface area contributed by atoms with Gasteiger partial charge in [0.2, 0.25) is 5.91 Å². The molecule has 28 heavy (non-hydrogen) atoms. The van der Waals surface area contributed by atoms with Crippen molar-refractivity contribution in [2.24, 2.45) is 0 Å². The van der Waals surface area contributed by atoms with Gasteiger partial charge in [0.15, 0.2) is 0 Å². The molecule has 0 unspecified atom stereocenters. The molecule has 1 heterocycles. The summed E-state index contributed by atoms with van der Waals surface area (Å²) in [7, 11) is 1.60. The lowest BCUT2D eigenvalue weighted by atomic mass is 10.1. The highest BCUT2D eigenvalue weighted by molar-refractivity contribution is 5.79. The minimum Gasteiger partial charge on any atom is -0.497 e. The van der Waals surface area contributed by atoms with Crippen molar-refractivity contribution in [2.75, 3.05) is 33.3 Å². The van der Waals surface area contributed by atoms with Crippen LogP contribution in [0.2, 0.25) is 0 Å². The third kappa shape index (κ3) is 5.25. The van der Waals surface area contributed by atoms with E-state index in [1.807, 2.05) is 29.2 Å². The number of carbonyl (C=O) groups is 1. The molecule has 2 aromatic rings. The lowest BCUT2D eigenvalue weighted by molar-refractivity contribution is -0.137. The standard InChI is InChI=1S/C21H23F3N2O2/c1-28-19-8-4-16(5-9-19)14-20(27)26-12-10-25(11-13-26)15-17-2-6-18(7-3-17)21(22,23)24/h2-9H,10-15H2,1H3. The fourth-order valence-electron chi connectivity index (χ4n) is 3.24. The maximum Gasteiger partial charge on any atom is 0.416 e. The van der Waals surface area contributed by atoms with E-state index in [-0.39, 0.29) is 5.91 Å². The minimum atomic E-state index is -4.31. The SMILES string of the molecule is COc1ccc(CC(=O)N2CCN(Cc3ccc(C(F)(F)F)cc3)CC2)cc1. The molecule has 150 valence electrons. The summed E-state index contributed by atoms with van der Waals surface area (Å²) in [5, 5.41) is 0. The Kier molecular flexibility index (Phi) is 6.24. The van der Waals surface area contributed by atoms with Crippen LogP contribution in [0.5, 0.6) is 5.75 Å². The van der Waals surface area contributed by atoms with Crippen molar-refractivity contribution in [3.05, 3.63) is 65.2 Å². The molecule has 7 heteroatoms. The Hall–Kier alpha value is -2.54. The molecule has 2 aromatic carbocycles. The number of benzene rings is 2. The van der Waals surface area contributed by atoms with E-state index >= 15 is 0 Å². The van der Waals surface area contributed by atoms with Crippen LogP contribution in [0.15, 0.2) is 48.5 Å². The van der Waals surface area contributed by atoms with E-state index < -0.39 is 11.7 Å². The van der Waals surface area contributed by atoms with E-state index in [0.29, 0.717) is 39.1 Å². The highest BCUT2D eigenvalue weighted by atomic mass is 19.4. The first-order chi connectivity index (χ1) is 13.3. The van der Waals surface area contributed by atoms with Crippen LogP contribution in [0.25, 0.3) is 0 Å². The summed E-state index contributed by atoms with van der Waals surface area (Å²) in [6, 6.07) is 12.7. The first kappa shape index (κ1) is 20.2. The van der Waals surface area contributed by atoms with E-state index in [1.54, 1.807) is 7.11 Å². The zero-order valence-electron chi connectivity index (χ0n) is 15.7. The van der Waals surface area contributed by atoms with Crippen molar-refractivity contribution in [1.82, 2.24) is 9.80 Å². The van der Waals surface area contributed by atoms with Crippen LogP contribution < -0.4 is 4.74 Å². The van der Waals surface area contributed by atoms with Crippen molar-refractivity contribution >= 4 is 5.91 Å². The Morgan fingerprint density at radius 3 is 2.04 bits per heavy atom. The number of hydrogen-bond acceptors (Lipinski definition) is 3. The van der Waals surface area contributed by atoms with E-state index in [4.69, 9.17) is 4.74 Å². The summed E-state index contributed by atoms with van der Waals surface area (Å²) < 4.78 is 43.0. The summed E-state index contributed by atoms with van der Waals surface area (Å²) >= 11 is 0. The van der Waals surface area contributed by atoms with Gasteiger partial charge < -0.3 is 9.64 Å². The molecule has 1 amide bonds. The lowest BCUT2D eigenvalue weighted by Gasteiger charge is -2.35. The quantitative estimate of drug-likeness (QED) is 0.780. The van der Waals surface area contributed by atoms with Gasteiger partial charge in [0.25, 0.3) is 0 Å². The molecule has 3 rings (SSSR count). The van der Waals surface area contributed by atoms with Crippen molar-refractivity contribution in [2.45, 2.75) is 19.1 Å². The van der Waals surface area contributed by atoms with Crippen LogP contribution in [0.4, 0.5) is 13.2 Å². The number of nitrogens with zero attached hydrogens (tertiary/aromatic N) is 2. The number of alkyl halides is 3. The average molecular weight is 392 g/mol. The molecule has 0 saturated carbocycles. The number of rotatable bonds is 5. The Labute approximate surface area is 162 Å². The zero-order chi connectivity index (χ0) is 20.1. The molecule has 0 N–H and O–H groups in total. The molecule has 1 saturated heterocycles. The second-order valence-corrected chi connectivity index (χ2v) is 6.88. The fourth-order valence-corrected chi connectivity index (χ4v) is 3.24. The summed E-state index contributed by atoms with van der Waals surface area (Å²) in [6.07, 6.45) is -3.96. The minimum absolute atomic E-state index is 0.0827. The van der Waals surface area contributed by atoms with Gasteiger partial charge in [-0.3, -0.25) is 9.69 Å². The van der Waals surface area contributed by atoms with Gasteiger partial charge >= 0.3 is 6.18 Å². The largest absolute Gasteiger partial charge is 0.497 e. The Morgan fingerprint density at radius 2 is 1.50 bits per heavy atom. The second-order valence-electron chi connectivity index (χ2n) is 6.88. The summed E-state index contributed by atoms with van der Waals surface area (Å²) in [4.78, 5) is 16.5. The number of piperazine rings is 1. The van der Waals surface area contributed by atoms with Crippen molar-refractivity contribution in [3.63, 3.8) is 0 Å². The average Bonchev–Trinajstić information content (AvgIpc) is 2.69. The molecule has 0 radical (unpaired) electrons. The molecule has 0 bridgehead atoms. The molecular formula is C21H23F3N2O2. The maximum absolute atomic E-state index is 12.6. The Bertz CT molecular complexity index is 781. The molecule has 1 aliphatic rings. The van der Waals surface area contributed by atoms with Crippen LogP contribution in [0.3, 0.4) is 0 Å². The molecule has 1 fully saturated rings. The van der Waals surface area contributed by atoms with Gasteiger partial charge in [-0.1, -0.05) is 24.3 Å². The normalized spacial score (nSPS) is 15.5. The van der Waals surface area contributed by atoms with Gasteiger partial charge in [0.05, 0.1) is 19.1 Å². The first-order valence-electron chi connectivity index (χ1n) is 9.14. The smallest absolute Gasteiger partial charge is 0.416 e. The van der Waals surface area contributed by atoms with Gasteiger partial charge in [0, 0.05) is 32.7 Å². The van der Waals surface area contributed by atoms with Gasteiger partial charge in [-0.05, 0) is 35.4 Å². The molecule has 1 aliphatic heterocycles. The Morgan fingerprint density at radius 1 is 0.929 bits per heavy atom. The molecule has 0 aromatic heterocycles. The Balaban J connectivity index is 1.47. The van der Waals surface area contributed by atoms with Crippen LogP contribution in [-0.2, 0) is 23.9 Å². The number of hydrogen-bond donors (Lipinski definition) is 0. The van der Waals surface area contributed by atoms with Crippen LogP contribution in [0, 0.1) is 0 Å². The van der Waals surface area contributed by atoms with Crippen molar-refractivity contribution in [3.8, 4) is 5.75 Å². The van der Waals surface area contributed by atoms with Crippen LogP contribution in [0.1, 0.15) is 16.7 Å². The van der Waals surface area contributed by atoms with Gasteiger partial charge in [0.1, 0.15) is 5.75 Å². The predicted octanol–water partition coefficient (Wildman–Crippen LogP) is 3.60. The second kappa shape index (κ2) is 8.65. The van der Waals surface area contributed by atoms with Crippen molar-refractivity contribution in [1.29, 1.82) is 0 Å². The highest BCUT2D eigenvalue weighted by Crippen LogP contribution is 2.29. The molecule has 4 nitrogen and oxygen atoms in total. The highest BCUT2D eigenvalue weighted by Gasteiger charge is 2.30. The number of carbonyl (C=O) groups excluding carboxylic acids is 1. The maximum atomic E-state index is 12.6. The topological polar surface area (TPSA) is 32.8 Å². The predicted molar refractivity (Wildman–Crippen MR) is 100.0 cm³/mol. The van der Waals surface area contributed by atoms with Gasteiger partial charge in [-0.15, -0.1) is 0 Å². The van der Waals surface area contributed by atoms with Crippen LogP contribution >= 0.6 is 0 Å². The van der Waals surface area contributed by atoms with E-state index in [9.17, 15) is 18.0 Å². The van der Waals surface area contributed by atoms with E-state index in [0.717, 1.165) is 29.0 Å². The van der Waals surface area contributed by atoms with E-state index in [2.05, 4.69) is 4.90 Å².